The van der Waals surface area contributed by atoms with Crippen LogP contribution in [-0.2, 0) is 13.5 Å². The maximum Gasteiger partial charge on any atom is 0.0756 e. The zero-order valence-corrected chi connectivity index (χ0v) is 9.66. The molecule has 0 amide bonds. The number of rotatable bonds is 4. The fraction of sp³-hybridized carbons (Fsp3) is 0.400. The van der Waals surface area contributed by atoms with Crippen LogP contribution in [0.4, 0.5) is 0 Å². The molecule has 0 aliphatic rings. The molecule has 5 heteroatoms. The predicted molar refractivity (Wildman–Crippen MR) is 60.8 cm³/mol. The molecule has 1 N–H and O–H groups in total. The van der Waals surface area contributed by atoms with Crippen LogP contribution in [0.3, 0.4) is 0 Å². The van der Waals surface area contributed by atoms with E-state index in [4.69, 9.17) is 0 Å². The third kappa shape index (κ3) is 2.24. The molecule has 0 saturated heterocycles. The van der Waals surface area contributed by atoms with Gasteiger partial charge in [0.2, 0.25) is 0 Å². The van der Waals surface area contributed by atoms with E-state index in [0.29, 0.717) is 0 Å². The van der Waals surface area contributed by atoms with Gasteiger partial charge >= 0.3 is 0 Å². The van der Waals surface area contributed by atoms with Gasteiger partial charge in [-0.3, -0.25) is 4.68 Å². The van der Waals surface area contributed by atoms with Crippen LogP contribution in [0.1, 0.15) is 16.6 Å². The molecule has 2 heterocycles. The summed E-state index contributed by atoms with van der Waals surface area (Å²) in [6, 6.07) is 4.51. The first-order valence-corrected chi connectivity index (χ1v) is 5.73. The van der Waals surface area contributed by atoms with E-state index in [1.165, 1.54) is 4.88 Å². The monoisotopic (exact) mass is 222 g/mol. The van der Waals surface area contributed by atoms with Crippen LogP contribution in [0.25, 0.3) is 0 Å². The number of aryl methyl sites for hydroxylation is 1. The molecule has 0 saturated carbocycles. The molecule has 80 valence electrons. The number of aromatic nitrogens is 3. The fourth-order valence-electron chi connectivity index (χ4n) is 1.60. The number of thiophene rings is 1. The zero-order chi connectivity index (χ0) is 10.7. The molecule has 4 nitrogen and oxygen atoms in total. The SMILES string of the molecule is CNC(Cc1cccs1)c1cnnn1C. The van der Waals surface area contributed by atoms with Gasteiger partial charge in [-0.1, -0.05) is 11.3 Å². The van der Waals surface area contributed by atoms with Crippen LogP contribution in [0, 0.1) is 0 Å². The van der Waals surface area contributed by atoms with Crippen LogP contribution in [0.2, 0.25) is 0 Å². The van der Waals surface area contributed by atoms with E-state index < -0.39 is 0 Å². The lowest BCUT2D eigenvalue weighted by Crippen LogP contribution is -2.21. The van der Waals surface area contributed by atoms with Crippen molar-refractivity contribution in [3.05, 3.63) is 34.3 Å². The Kier molecular flexibility index (Phi) is 3.13. The van der Waals surface area contributed by atoms with Gasteiger partial charge in [0, 0.05) is 18.3 Å². The molecule has 0 radical (unpaired) electrons. The molecular formula is C10H14N4S. The first-order chi connectivity index (χ1) is 7.31. The third-order valence-corrected chi connectivity index (χ3v) is 3.34. The largest absolute Gasteiger partial charge is 0.311 e. The second-order valence-corrected chi connectivity index (χ2v) is 4.44. The molecule has 0 fully saturated rings. The molecule has 1 unspecified atom stereocenters. The molecule has 2 rings (SSSR count). The minimum Gasteiger partial charge on any atom is -0.311 e. The summed E-state index contributed by atoms with van der Waals surface area (Å²) in [5, 5.41) is 13.2. The Morgan fingerprint density at radius 1 is 1.60 bits per heavy atom. The van der Waals surface area contributed by atoms with Crippen molar-refractivity contribution in [2.45, 2.75) is 12.5 Å². The van der Waals surface area contributed by atoms with Crippen molar-refractivity contribution in [1.29, 1.82) is 0 Å². The van der Waals surface area contributed by atoms with Crippen molar-refractivity contribution >= 4 is 11.3 Å². The van der Waals surface area contributed by atoms with Crippen LogP contribution in [0.15, 0.2) is 23.7 Å². The first-order valence-electron chi connectivity index (χ1n) is 4.85. The Labute approximate surface area is 92.9 Å². The Bertz CT molecular complexity index is 407. The van der Waals surface area contributed by atoms with Gasteiger partial charge in [0.1, 0.15) is 0 Å². The van der Waals surface area contributed by atoms with Gasteiger partial charge in [-0.25, -0.2) is 0 Å². The lowest BCUT2D eigenvalue weighted by Gasteiger charge is -2.14. The van der Waals surface area contributed by atoms with Gasteiger partial charge in [-0.2, -0.15) is 0 Å². The quantitative estimate of drug-likeness (QED) is 0.850. The average Bonchev–Trinajstić information content (AvgIpc) is 2.85. The summed E-state index contributed by atoms with van der Waals surface area (Å²) in [5.41, 5.74) is 1.12. The highest BCUT2D eigenvalue weighted by Crippen LogP contribution is 2.19. The number of likely N-dealkylation sites (N-methyl/N-ethyl adjacent to an activating group) is 1. The van der Waals surface area contributed by atoms with Crippen molar-refractivity contribution < 1.29 is 0 Å². The highest BCUT2D eigenvalue weighted by molar-refractivity contribution is 7.09. The minimum absolute atomic E-state index is 0.281. The van der Waals surface area contributed by atoms with E-state index in [2.05, 4.69) is 33.1 Å². The summed E-state index contributed by atoms with van der Waals surface area (Å²) in [4.78, 5) is 1.37. The van der Waals surface area contributed by atoms with E-state index >= 15 is 0 Å². The molecule has 0 aromatic carbocycles. The van der Waals surface area contributed by atoms with Crippen LogP contribution < -0.4 is 5.32 Å². The highest BCUT2D eigenvalue weighted by Gasteiger charge is 2.14. The summed E-state index contributed by atoms with van der Waals surface area (Å²) in [5.74, 6) is 0. The summed E-state index contributed by atoms with van der Waals surface area (Å²) in [7, 11) is 3.88. The smallest absolute Gasteiger partial charge is 0.0756 e. The molecule has 0 aliphatic carbocycles. The third-order valence-electron chi connectivity index (χ3n) is 2.44. The molecule has 0 spiro atoms. The molecule has 2 aromatic heterocycles. The Balaban J connectivity index is 2.15. The van der Waals surface area contributed by atoms with E-state index in [1.54, 1.807) is 11.3 Å². The lowest BCUT2D eigenvalue weighted by molar-refractivity contribution is 0.537. The lowest BCUT2D eigenvalue weighted by atomic mass is 10.1. The first kappa shape index (κ1) is 10.3. The van der Waals surface area contributed by atoms with E-state index in [1.807, 2.05) is 25.0 Å². The van der Waals surface area contributed by atoms with Crippen molar-refractivity contribution in [2.24, 2.45) is 7.05 Å². The van der Waals surface area contributed by atoms with Gasteiger partial charge in [-0.15, -0.1) is 16.4 Å². The summed E-state index contributed by atoms with van der Waals surface area (Å²) >= 11 is 1.78. The molecular weight excluding hydrogens is 208 g/mol. The maximum atomic E-state index is 3.94. The summed E-state index contributed by atoms with van der Waals surface area (Å²) in [6.45, 7) is 0. The van der Waals surface area contributed by atoms with Crippen molar-refractivity contribution in [3.8, 4) is 0 Å². The van der Waals surface area contributed by atoms with Gasteiger partial charge < -0.3 is 5.32 Å². The second-order valence-electron chi connectivity index (χ2n) is 3.41. The zero-order valence-electron chi connectivity index (χ0n) is 8.84. The van der Waals surface area contributed by atoms with Crippen LogP contribution in [0.5, 0.6) is 0 Å². The average molecular weight is 222 g/mol. The van der Waals surface area contributed by atoms with Crippen molar-refractivity contribution in [1.82, 2.24) is 20.3 Å². The number of hydrogen-bond donors (Lipinski definition) is 1. The fourth-order valence-corrected chi connectivity index (χ4v) is 2.35. The van der Waals surface area contributed by atoms with Gasteiger partial charge in [0.25, 0.3) is 0 Å². The predicted octanol–water partition coefficient (Wildman–Crippen LogP) is 1.38. The second kappa shape index (κ2) is 4.55. The van der Waals surface area contributed by atoms with Crippen molar-refractivity contribution in [3.63, 3.8) is 0 Å². The maximum absolute atomic E-state index is 3.94. The highest BCUT2D eigenvalue weighted by atomic mass is 32.1. The molecule has 15 heavy (non-hydrogen) atoms. The number of hydrogen-bond acceptors (Lipinski definition) is 4. The summed E-state index contributed by atoms with van der Waals surface area (Å²) in [6.07, 6.45) is 2.80. The van der Waals surface area contributed by atoms with Gasteiger partial charge in [0.05, 0.1) is 17.9 Å². The molecule has 1 atom stereocenters. The molecule has 0 bridgehead atoms. The number of nitrogens with one attached hydrogen (secondary N) is 1. The topological polar surface area (TPSA) is 42.7 Å². The standard InChI is InChI=1S/C10H14N4S/c1-11-9(6-8-4-3-5-15-8)10-7-12-13-14(10)2/h3-5,7,9,11H,6H2,1-2H3. The van der Waals surface area contributed by atoms with E-state index in [-0.39, 0.29) is 6.04 Å². The summed E-state index contributed by atoms with van der Waals surface area (Å²) < 4.78 is 1.81. The van der Waals surface area contributed by atoms with Crippen LogP contribution in [-0.4, -0.2) is 22.0 Å². The van der Waals surface area contributed by atoms with Gasteiger partial charge in [0.15, 0.2) is 0 Å². The van der Waals surface area contributed by atoms with Gasteiger partial charge in [-0.05, 0) is 18.5 Å². The Morgan fingerprint density at radius 2 is 2.47 bits per heavy atom. The molecule has 0 aliphatic heterocycles. The van der Waals surface area contributed by atoms with E-state index in [9.17, 15) is 0 Å². The molecule has 2 aromatic rings. The van der Waals surface area contributed by atoms with Crippen molar-refractivity contribution in [2.75, 3.05) is 7.05 Å². The minimum atomic E-state index is 0.281. The normalized spacial score (nSPS) is 12.9. The van der Waals surface area contributed by atoms with Crippen LogP contribution >= 0.6 is 11.3 Å². The number of nitrogens with zero attached hydrogens (tertiary/aromatic N) is 3. The Hall–Kier alpha value is -1.20. The Morgan fingerprint density at radius 3 is 3.00 bits per heavy atom. The van der Waals surface area contributed by atoms with E-state index in [0.717, 1.165) is 12.1 Å².